The number of thioether (sulfide) groups is 1. The van der Waals surface area contributed by atoms with E-state index in [4.69, 9.17) is 9.47 Å². The lowest BCUT2D eigenvalue weighted by atomic mass is 10.1. The Bertz CT molecular complexity index is 1250. The van der Waals surface area contributed by atoms with Crippen molar-refractivity contribution >= 4 is 57.3 Å². The first-order valence-electron chi connectivity index (χ1n) is 12.3. The van der Waals surface area contributed by atoms with E-state index in [9.17, 15) is 14.4 Å². The van der Waals surface area contributed by atoms with Crippen molar-refractivity contribution in [3.8, 4) is 11.4 Å². The number of esters is 2. The van der Waals surface area contributed by atoms with Crippen LogP contribution < -0.4 is 5.32 Å². The summed E-state index contributed by atoms with van der Waals surface area (Å²) in [6.45, 7) is 10.4. The Kier molecular flexibility index (Phi) is 10.7. The van der Waals surface area contributed by atoms with Crippen LogP contribution in [0.4, 0.5) is 5.00 Å². The summed E-state index contributed by atoms with van der Waals surface area (Å²) < 4.78 is 12.3. The maximum atomic E-state index is 12.9. The topological polar surface area (TPSA) is 112 Å². The number of thiophene rings is 2. The molecule has 0 aliphatic carbocycles. The van der Waals surface area contributed by atoms with Crippen LogP contribution in [0.1, 0.15) is 71.0 Å². The zero-order valence-electron chi connectivity index (χ0n) is 21.7. The molecular weight excluding hydrogens is 532 g/mol. The highest BCUT2D eigenvalue weighted by Gasteiger charge is 2.27. The third-order valence-corrected chi connectivity index (χ3v) is 8.40. The smallest absolute Gasteiger partial charge is 0.348 e. The van der Waals surface area contributed by atoms with Gasteiger partial charge in [-0.1, -0.05) is 32.0 Å². The maximum absolute atomic E-state index is 12.9. The van der Waals surface area contributed by atoms with Gasteiger partial charge in [-0.3, -0.25) is 4.79 Å². The lowest BCUT2D eigenvalue weighted by molar-refractivity contribution is -0.113. The van der Waals surface area contributed by atoms with Gasteiger partial charge in [0.15, 0.2) is 11.0 Å². The van der Waals surface area contributed by atoms with Crippen LogP contribution in [0, 0.1) is 6.92 Å². The molecule has 0 bridgehead atoms. The highest BCUT2D eigenvalue weighted by molar-refractivity contribution is 7.99. The number of carbonyl (C=O) groups excluding carboxylic acids is 3. The number of aromatic nitrogens is 3. The molecule has 0 fully saturated rings. The molecular formula is C25H32N4O5S3. The average Bonchev–Trinajstić information content (AvgIpc) is 3.56. The Morgan fingerprint density at radius 3 is 2.46 bits per heavy atom. The van der Waals surface area contributed by atoms with Gasteiger partial charge in [-0.15, -0.1) is 32.9 Å². The van der Waals surface area contributed by atoms with Crippen molar-refractivity contribution in [2.75, 3.05) is 24.3 Å². The minimum absolute atomic E-state index is 0.0561. The van der Waals surface area contributed by atoms with Gasteiger partial charge in [0.05, 0.1) is 24.5 Å². The molecule has 0 aliphatic rings. The van der Waals surface area contributed by atoms with Crippen molar-refractivity contribution in [3.05, 3.63) is 32.3 Å². The Morgan fingerprint density at radius 2 is 1.78 bits per heavy atom. The average molecular weight is 565 g/mol. The predicted octanol–water partition coefficient (Wildman–Crippen LogP) is 5.82. The van der Waals surface area contributed by atoms with E-state index in [0.717, 1.165) is 48.5 Å². The number of carbonyl (C=O) groups is 3. The molecule has 3 aromatic heterocycles. The summed E-state index contributed by atoms with van der Waals surface area (Å²) in [7, 11) is 0. The molecule has 0 saturated carbocycles. The number of hydrogen-bond donors (Lipinski definition) is 1. The number of hydrogen-bond acceptors (Lipinski definition) is 10. The number of rotatable bonds is 13. The van der Waals surface area contributed by atoms with Crippen LogP contribution in [-0.2, 0) is 27.2 Å². The fourth-order valence-electron chi connectivity index (χ4n) is 3.64. The van der Waals surface area contributed by atoms with Gasteiger partial charge in [0, 0.05) is 22.4 Å². The molecule has 37 heavy (non-hydrogen) atoms. The molecule has 1 amide bonds. The summed E-state index contributed by atoms with van der Waals surface area (Å²) in [5.41, 5.74) is 1.63. The Balaban J connectivity index is 1.78. The van der Waals surface area contributed by atoms with Gasteiger partial charge in [0.1, 0.15) is 9.88 Å². The second-order valence-electron chi connectivity index (χ2n) is 8.05. The highest BCUT2D eigenvalue weighted by atomic mass is 32.2. The van der Waals surface area contributed by atoms with Crippen LogP contribution in [0.2, 0.25) is 0 Å². The Labute approximate surface area is 229 Å². The van der Waals surface area contributed by atoms with Gasteiger partial charge in [-0.05, 0) is 45.2 Å². The highest BCUT2D eigenvalue weighted by Crippen LogP contribution is 2.35. The van der Waals surface area contributed by atoms with Gasteiger partial charge in [0.25, 0.3) is 0 Å². The Morgan fingerprint density at radius 1 is 1.05 bits per heavy atom. The molecule has 200 valence electrons. The van der Waals surface area contributed by atoms with Crippen LogP contribution in [0.15, 0.2) is 16.6 Å². The number of amides is 1. The second kappa shape index (κ2) is 13.7. The zero-order chi connectivity index (χ0) is 26.9. The van der Waals surface area contributed by atoms with Crippen molar-refractivity contribution in [2.24, 2.45) is 0 Å². The van der Waals surface area contributed by atoms with E-state index in [-0.39, 0.29) is 40.3 Å². The van der Waals surface area contributed by atoms with Crippen molar-refractivity contribution in [3.63, 3.8) is 0 Å². The van der Waals surface area contributed by atoms with E-state index in [0.29, 0.717) is 10.7 Å². The fourth-order valence-corrected chi connectivity index (χ4v) is 6.48. The van der Waals surface area contributed by atoms with E-state index < -0.39 is 11.9 Å². The molecule has 3 rings (SSSR count). The van der Waals surface area contributed by atoms with E-state index in [1.54, 1.807) is 32.1 Å². The third kappa shape index (κ3) is 6.99. The SMILES string of the molecule is CCCc1cc(-c2nnc(SCC(=O)Nc3sc(C(=O)OCC)c(C)c3C(=O)OCC)n2CCC)cs1. The van der Waals surface area contributed by atoms with Gasteiger partial charge in [0.2, 0.25) is 5.91 Å². The van der Waals surface area contributed by atoms with E-state index in [2.05, 4.69) is 40.8 Å². The zero-order valence-corrected chi connectivity index (χ0v) is 24.2. The molecule has 0 spiro atoms. The summed E-state index contributed by atoms with van der Waals surface area (Å²) in [6, 6.07) is 2.16. The lowest BCUT2D eigenvalue weighted by Crippen LogP contribution is -2.17. The molecule has 1 N–H and O–H groups in total. The van der Waals surface area contributed by atoms with Crippen LogP contribution in [0.5, 0.6) is 0 Å². The quantitative estimate of drug-likeness (QED) is 0.204. The van der Waals surface area contributed by atoms with Crippen molar-refractivity contribution in [1.29, 1.82) is 0 Å². The monoisotopic (exact) mass is 564 g/mol. The summed E-state index contributed by atoms with van der Waals surface area (Å²) in [4.78, 5) is 39.4. The van der Waals surface area contributed by atoms with E-state index >= 15 is 0 Å². The summed E-state index contributed by atoms with van der Waals surface area (Å²) >= 11 is 4.00. The molecule has 0 unspecified atom stereocenters. The number of ether oxygens (including phenoxy) is 2. The van der Waals surface area contributed by atoms with Crippen LogP contribution in [0.3, 0.4) is 0 Å². The normalized spacial score (nSPS) is 10.9. The molecule has 0 radical (unpaired) electrons. The summed E-state index contributed by atoms with van der Waals surface area (Å²) in [5, 5.41) is 14.5. The first-order valence-corrected chi connectivity index (χ1v) is 14.9. The lowest BCUT2D eigenvalue weighted by Gasteiger charge is -2.09. The van der Waals surface area contributed by atoms with Gasteiger partial charge in [-0.25, -0.2) is 9.59 Å². The number of nitrogens with zero attached hydrogens (tertiary/aromatic N) is 3. The molecule has 0 atom stereocenters. The van der Waals surface area contributed by atoms with Crippen molar-refractivity contribution < 1.29 is 23.9 Å². The van der Waals surface area contributed by atoms with Gasteiger partial charge >= 0.3 is 11.9 Å². The summed E-state index contributed by atoms with van der Waals surface area (Å²) in [6.07, 6.45) is 3.01. The van der Waals surface area contributed by atoms with Crippen LogP contribution in [-0.4, -0.2) is 51.6 Å². The van der Waals surface area contributed by atoms with Gasteiger partial charge in [-0.2, -0.15) is 0 Å². The standard InChI is InChI=1S/C25H32N4O5S3/c1-6-10-17-12-16(13-35-17)21-27-28-25(29(21)11-7-2)36-14-18(30)26-22-19(23(31)33-8-3)15(5)20(37-22)24(32)34-9-4/h12-13H,6-11,14H2,1-5H3,(H,26,30). The summed E-state index contributed by atoms with van der Waals surface area (Å²) in [5.74, 6) is -0.622. The number of nitrogens with one attached hydrogen (secondary N) is 1. The van der Waals surface area contributed by atoms with Crippen LogP contribution in [0.25, 0.3) is 11.4 Å². The second-order valence-corrected chi connectivity index (χ2v) is 11.0. The minimum atomic E-state index is -0.597. The molecule has 12 heteroatoms. The van der Waals surface area contributed by atoms with E-state index in [1.807, 2.05) is 4.57 Å². The van der Waals surface area contributed by atoms with Gasteiger partial charge < -0.3 is 19.4 Å². The third-order valence-electron chi connectivity index (χ3n) is 5.24. The molecule has 3 aromatic rings. The minimum Gasteiger partial charge on any atom is -0.462 e. The Hall–Kier alpha value is -2.70. The molecule has 3 heterocycles. The predicted molar refractivity (Wildman–Crippen MR) is 148 cm³/mol. The van der Waals surface area contributed by atoms with Crippen LogP contribution >= 0.6 is 34.4 Å². The molecule has 0 saturated heterocycles. The first kappa shape index (κ1) is 28.9. The maximum Gasteiger partial charge on any atom is 0.348 e. The number of anilines is 1. The number of aryl methyl sites for hydroxylation is 1. The van der Waals surface area contributed by atoms with Crippen molar-refractivity contribution in [2.45, 2.75) is 65.6 Å². The fraction of sp³-hybridized carbons (Fsp3) is 0.480. The van der Waals surface area contributed by atoms with Crippen molar-refractivity contribution in [1.82, 2.24) is 14.8 Å². The largest absolute Gasteiger partial charge is 0.462 e. The molecule has 0 aromatic carbocycles. The molecule has 9 nitrogen and oxygen atoms in total. The first-order chi connectivity index (χ1) is 17.8. The van der Waals surface area contributed by atoms with E-state index in [1.165, 1.54) is 16.6 Å². The molecule has 0 aliphatic heterocycles.